The predicted octanol–water partition coefficient (Wildman–Crippen LogP) is 2.62. The standard InChI is InChI=1S/C19H20N2O4/c1-12(2)21(11-18(22)23)19(24)16-8-15(9-20-10-16)13-3-4-17-14(7-13)5-6-25-17/h3-4,7-10,12H,5-6,11H2,1-2H3,(H,22,23). The number of hydrogen-bond donors (Lipinski definition) is 1. The van der Waals surface area contributed by atoms with Crippen LogP contribution < -0.4 is 4.74 Å². The van der Waals surface area contributed by atoms with Gasteiger partial charge < -0.3 is 14.7 Å². The van der Waals surface area contributed by atoms with Gasteiger partial charge in [0.25, 0.3) is 5.91 Å². The van der Waals surface area contributed by atoms with E-state index in [4.69, 9.17) is 9.84 Å². The molecule has 2 aromatic rings. The first kappa shape index (κ1) is 17.0. The minimum Gasteiger partial charge on any atom is -0.493 e. The molecule has 25 heavy (non-hydrogen) atoms. The molecule has 1 amide bonds. The summed E-state index contributed by atoms with van der Waals surface area (Å²) in [7, 11) is 0. The van der Waals surface area contributed by atoms with Crippen LogP contribution in [0.2, 0.25) is 0 Å². The van der Waals surface area contributed by atoms with Crippen LogP contribution in [0.15, 0.2) is 36.7 Å². The van der Waals surface area contributed by atoms with E-state index < -0.39 is 5.97 Å². The Morgan fingerprint density at radius 3 is 2.76 bits per heavy atom. The van der Waals surface area contributed by atoms with Crippen molar-refractivity contribution in [3.8, 4) is 16.9 Å². The number of benzene rings is 1. The number of ether oxygens (including phenoxy) is 1. The molecule has 2 heterocycles. The molecular formula is C19H20N2O4. The molecule has 0 radical (unpaired) electrons. The molecule has 0 aliphatic carbocycles. The lowest BCUT2D eigenvalue weighted by molar-refractivity contribution is -0.138. The molecule has 0 unspecified atom stereocenters. The number of carbonyl (C=O) groups is 2. The number of carboxylic acid groups (broad SMARTS) is 1. The van der Waals surface area contributed by atoms with Crippen LogP contribution in [0, 0.1) is 0 Å². The molecule has 6 heteroatoms. The minimum absolute atomic E-state index is 0.218. The van der Waals surface area contributed by atoms with Crippen molar-refractivity contribution in [3.63, 3.8) is 0 Å². The van der Waals surface area contributed by atoms with Gasteiger partial charge in [-0.25, -0.2) is 0 Å². The molecule has 0 saturated heterocycles. The average molecular weight is 340 g/mol. The largest absolute Gasteiger partial charge is 0.493 e. The van der Waals surface area contributed by atoms with Crippen molar-refractivity contribution >= 4 is 11.9 Å². The fourth-order valence-electron chi connectivity index (χ4n) is 2.88. The zero-order chi connectivity index (χ0) is 18.0. The Bertz CT molecular complexity index is 817. The highest BCUT2D eigenvalue weighted by atomic mass is 16.5. The van der Waals surface area contributed by atoms with Crippen molar-refractivity contribution in [1.29, 1.82) is 0 Å². The lowest BCUT2D eigenvalue weighted by Gasteiger charge is -2.25. The van der Waals surface area contributed by atoms with Gasteiger partial charge in [-0.2, -0.15) is 0 Å². The highest BCUT2D eigenvalue weighted by Gasteiger charge is 2.22. The Morgan fingerprint density at radius 1 is 1.24 bits per heavy atom. The Morgan fingerprint density at radius 2 is 2.04 bits per heavy atom. The van der Waals surface area contributed by atoms with Crippen molar-refractivity contribution in [3.05, 3.63) is 47.8 Å². The third-order valence-electron chi connectivity index (χ3n) is 4.20. The first-order valence-corrected chi connectivity index (χ1v) is 8.19. The minimum atomic E-state index is -1.04. The van der Waals surface area contributed by atoms with Crippen molar-refractivity contribution in [1.82, 2.24) is 9.88 Å². The highest BCUT2D eigenvalue weighted by molar-refractivity contribution is 5.96. The van der Waals surface area contributed by atoms with Gasteiger partial charge in [0.05, 0.1) is 12.2 Å². The molecule has 3 rings (SSSR count). The number of amides is 1. The Balaban J connectivity index is 1.90. The number of rotatable bonds is 5. The van der Waals surface area contributed by atoms with Gasteiger partial charge in [-0.05, 0) is 43.2 Å². The number of aliphatic carboxylic acids is 1. The van der Waals surface area contributed by atoms with Crippen LogP contribution in [0.5, 0.6) is 5.75 Å². The molecule has 0 atom stereocenters. The summed E-state index contributed by atoms with van der Waals surface area (Å²) < 4.78 is 5.51. The molecule has 1 aliphatic rings. The third kappa shape index (κ3) is 3.63. The molecule has 6 nitrogen and oxygen atoms in total. The SMILES string of the molecule is CC(C)N(CC(=O)O)C(=O)c1cncc(-c2ccc3c(c2)CCO3)c1. The Kier molecular flexibility index (Phi) is 4.70. The van der Waals surface area contributed by atoms with E-state index in [1.165, 1.54) is 11.1 Å². The van der Waals surface area contributed by atoms with Crippen LogP contribution in [0.4, 0.5) is 0 Å². The van der Waals surface area contributed by atoms with Crippen LogP contribution in [0.1, 0.15) is 29.8 Å². The predicted molar refractivity (Wildman–Crippen MR) is 92.7 cm³/mol. The molecule has 0 spiro atoms. The van der Waals surface area contributed by atoms with E-state index in [-0.39, 0.29) is 18.5 Å². The quantitative estimate of drug-likeness (QED) is 0.905. The van der Waals surface area contributed by atoms with Crippen molar-refractivity contribution in [2.45, 2.75) is 26.3 Å². The van der Waals surface area contributed by atoms with E-state index >= 15 is 0 Å². The number of hydrogen-bond acceptors (Lipinski definition) is 4. The molecule has 0 fully saturated rings. The molecule has 0 bridgehead atoms. The summed E-state index contributed by atoms with van der Waals surface area (Å²) in [6, 6.07) is 7.45. The number of carbonyl (C=O) groups excluding carboxylic acids is 1. The van der Waals surface area contributed by atoms with Crippen LogP contribution >= 0.6 is 0 Å². The van der Waals surface area contributed by atoms with Crippen molar-refractivity contribution < 1.29 is 19.4 Å². The highest BCUT2D eigenvalue weighted by Crippen LogP contribution is 2.30. The first-order chi connectivity index (χ1) is 12.0. The van der Waals surface area contributed by atoms with Crippen LogP contribution in [0.3, 0.4) is 0 Å². The monoisotopic (exact) mass is 340 g/mol. The third-order valence-corrected chi connectivity index (χ3v) is 4.20. The van der Waals surface area contributed by atoms with Gasteiger partial charge >= 0.3 is 5.97 Å². The maximum atomic E-state index is 12.7. The van der Waals surface area contributed by atoms with E-state index in [2.05, 4.69) is 4.98 Å². The first-order valence-electron chi connectivity index (χ1n) is 8.19. The summed E-state index contributed by atoms with van der Waals surface area (Å²) in [5, 5.41) is 9.03. The van der Waals surface area contributed by atoms with Crippen LogP contribution in [0.25, 0.3) is 11.1 Å². The topological polar surface area (TPSA) is 79.7 Å². The zero-order valence-corrected chi connectivity index (χ0v) is 14.2. The molecular weight excluding hydrogens is 320 g/mol. The number of carboxylic acids is 1. The smallest absolute Gasteiger partial charge is 0.323 e. The average Bonchev–Trinajstić information content (AvgIpc) is 3.06. The lowest BCUT2D eigenvalue weighted by Crippen LogP contribution is -2.40. The number of pyridine rings is 1. The van der Waals surface area contributed by atoms with Crippen LogP contribution in [-0.2, 0) is 11.2 Å². The summed E-state index contributed by atoms with van der Waals surface area (Å²) in [6.45, 7) is 3.93. The summed E-state index contributed by atoms with van der Waals surface area (Å²) >= 11 is 0. The van der Waals surface area contributed by atoms with E-state index in [1.807, 2.05) is 18.2 Å². The molecule has 0 saturated carbocycles. The fraction of sp³-hybridized carbons (Fsp3) is 0.316. The second-order valence-electron chi connectivity index (χ2n) is 6.30. The van der Waals surface area contributed by atoms with Gasteiger partial charge in [0.15, 0.2) is 0 Å². The second kappa shape index (κ2) is 6.93. The molecule has 1 N–H and O–H groups in total. The van der Waals surface area contributed by atoms with Gasteiger partial charge in [0.1, 0.15) is 12.3 Å². The van der Waals surface area contributed by atoms with Gasteiger partial charge in [-0.1, -0.05) is 6.07 Å². The lowest BCUT2D eigenvalue weighted by atomic mass is 10.0. The zero-order valence-electron chi connectivity index (χ0n) is 14.2. The second-order valence-corrected chi connectivity index (χ2v) is 6.30. The van der Waals surface area contributed by atoms with E-state index in [9.17, 15) is 9.59 Å². The number of nitrogens with zero attached hydrogens (tertiary/aromatic N) is 2. The Labute approximate surface area is 146 Å². The summed E-state index contributed by atoms with van der Waals surface area (Å²) in [5.74, 6) is -0.475. The summed E-state index contributed by atoms with van der Waals surface area (Å²) in [4.78, 5) is 29.2. The maximum absolute atomic E-state index is 12.7. The van der Waals surface area contributed by atoms with Crippen molar-refractivity contribution in [2.75, 3.05) is 13.2 Å². The molecule has 1 aliphatic heterocycles. The number of fused-ring (bicyclic) bond motifs is 1. The van der Waals surface area contributed by atoms with Gasteiger partial charge in [0, 0.05) is 30.4 Å². The van der Waals surface area contributed by atoms with E-state index in [0.29, 0.717) is 12.2 Å². The summed E-state index contributed by atoms with van der Waals surface area (Å²) in [5.41, 5.74) is 3.30. The normalized spacial score (nSPS) is 12.6. The van der Waals surface area contributed by atoms with Crippen LogP contribution in [-0.4, -0.2) is 46.1 Å². The molecule has 130 valence electrons. The number of aromatic nitrogens is 1. The van der Waals surface area contributed by atoms with E-state index in [0.717, 1.165) is 28.9 Å². The van der Waals surface area contributed by atoms with E-state index in [1.54, 1.807) is 26.1 Å². The van der Waals surface area contributed by atoms with Gasteiger partial charge in [0.2, 0.25) is 0 Å². The fourth-order valence-corrected chi connectivity index (χ4v) is 2.88. The summed E-state index contributed by atoms with van der Waals surface area (Å²) in [6.07, 6.45) is 4.04. The van der Waals surface area contributed by atoms with Crippen molar-refractivity contribution in [2.24, 2.45) is 0 Å². The molecule has 1 aromatic heterocycles. The Hall–Kier alpha value is -2.89. The van der Waals surface area contributed by atoms with Gasteiger partial charge in [-0.3, -0.25) is 14.6 Å². The molecule has 1 aromatic carbocycles. The van der Waals surface area contributed by atoms with Gasteiger partial charge in [-0.15, -0.1) is 0 Å². The maximum Gasteiger partial charge on any atom is 0.323 e.